The van der Waals surface area contributed by atoms with Gasteiger partial charge in [0.2, 0.25) is 0 Å². The Morgan fingerprint density at radius 1 is 1.00 bits per heavy atom. The molecule has 154 valence electrons. The Morgan fingerprint density at radius 2 is 1.68 bits per heavy atom. The van der Waals surface area contributed by atoms with Gasteiger partial charge >= 0.3 is 7.12 Å². The van der Waals surface area contributed by atoms with E-state index in [2.05, 4.69) is 58.1 Å². The summed E-state index contributed by atoms with van der Waals surface area (Å²) in [5, 5.41) is 3.68. The monoisotopic (exact) mass is 387 g/mol. The van der Waals surface area contributed by atoms with Gasteiger partial charge in [0.25, 0.3) is 0 Å². The van der Waals surface area contributed by atoms with E-state index in [4.69, 9.17) is 18.8 Å². The molecule has 0 spiro atoms. The predicted octanol–water partition coefficient (Wildman–Crippen LogP) is 2.93. The average molecular weight is 387 g/mol. The molecule has 0 unspecified atom stereocenters. The molecular formula is C22H34BNO4. The summed E-state index contributed by atoms with van der Waals surface area (Å²) in [6, 6.07) is 6.95. The number of hydrogen-bond donors (Lipinski definition) is 1. The fourth-order valence-corrected chi connectivity index (χ4v) is 4.29. The van der Waals surface area contributed by atoms with Gasteiger partial charge in [-0.25, -0.2) is 0 Å². The van der Waals surface area contributed by atoms with Crippen LogP contribution in [0.4, 0.5) is 0 Å². The van der Waals surface area contributed by atoms with E-state index in [1.54, 1.807) is 0 Å². The van der Waals surface area contributed by atoms with Crippen molar-refractivity contribution in [3.05, 3.63) is 29.3 Å². The molecule has 6 heteroatoms. The van der Waals surface area contributed by atoms with E-state index in [-0.39, 0.29) is 30.5 Å². The molecule has 2 atom stereocenters. The van der Waals surface area contributed by atoms with E-state index in [9.17, 15) is 0 Å². The largest absolute Gasteiger partial charge is 0.494 e. The van der Waals surface area contributed by atoms with E-state index in [1.165, 1.54) is 11.1 Å². The highest BCUT2D eigenvalue weighted by atomic mass is 16.7. The zero-order valence-electron chi connectivity index (χ0n) is 17.9. The quantitative estimate of drug-likeness (QED) is 0.809. The van der Waals surface area contributed by atoms with Gasteiger partial charge in [0.15, 0.2) is 0 Å². The molecule has 5 nitrogen and oxygen atoms in total. The smallest absolute Gasteiger partial charge is 0.399 e. The number of nitrogens with one attached hydrogen (secondary N) is 1. The Labute approximate surface area is 169 Å². The van der Waals surface area contributed by atoms with Crippen LogP contribution in [0, 0.1) is 0 Å². The summed E-state index contributed by atoms with van der Waals surface area (Å²) in [6.45, 7) is 13.8. The van der Waals surface area contributed by atoms with Crippen LogP contribution in [-0.4, -0.2) is 50.8 Å². The van der Waals surface area contributed by atoms with Crippen LogP contribution < -0.4 is 10.8 Å². The molecule has 0 amide bonds. The topological polar surface area (TPSA) is 49.0 Å². The molecule has 0 radical (unpaired) electrons. The van der Waals surface area contributed by atoms with E-state index < -0.39 is 0 Å². The third-order valence-corrected chi connectivity index (χ3v) is 6.87. The summed E-state index contributed by atoms with van der Waals surface area (Å²) >= 11 is 0. The third-order valence-electron chi connectivity index (χ3n) is 6.87. The Balaban J connectivity index is 1.65. The van der Waals surface area contributed by atoms with Crippen molar-refractivity contribution in [3.63, 3.8) is 0 Å². The van der Waals surface area contributed by atoms with Crippen LogP contribution >= 0.6 is 0 Å². The fraction of sp³-hybridized carbons (Fsp3) is 0.727. The van der Waals surface area contributed by atoms with Crippen molar-refractivity contribution in [2.45, 2.75) is 76.7 Å². The minimum Gasteiger partial charge on any atom is -0.399 e. The third kappa shape index (κ3) is 3.90. The van der Waals surface area contributed by atoms with E-state index in [1.807, 2.05) is 0 Å². The molecule has 1 N–H and O–H groups in total. The highest BCUT2D eigenvalue weighted by molar-refractivity contribution is 6.62. The molecule has 0 aliphatic carbocycles. The van der Waals surface area contributed by atoms with E-state index >= 15 is 0 Å². The minimum atomic E-state index is -0.337. The maximum atomic E-state index is 6.30. The van der Waals surface area contributed by atoms with Crippen LogP contribution in [0.5, 0.6) is 0 Å². The lowest BCUT2D eigenvalue weighted by Gasteiger charge is -2.33. The lowest BCUT2D eigenvalue weighted by Crippen LogP contribution is -2.41. The van der Waals surface area contributed by atoms with Crippen molar-refractivity contribution in [2.75, 3.05) is 26.4 Å². The van der Waals surface area contributed by atoms with Crippen LogP contribution in [0.2, 0.25) is 0 Å². The zero-order chi connectivity index (χ0) is 19.9. The first kappa shape index (κ1) is 20.4. The molecule has 4 rings (SSSR count). The lowest BCUT2D eigenvalue weighted by atomic mass is 9.75. The summed E-state index contributed by atoms with van der Waals surface area (Å²) in [7, 11) is -0.337. The first-order valence-corrected chi connectivity index (χ1v) is 10.7. The molecule has 0 bridgehead atoms. The number of rotatable bonds is 3. The van der Waals surface area contributed by atoms with Gasteiger partial charge in [0, 0.05) is 19.8 Å². The molecule has 0 saturated carbocycles. The van der Waals surface area contributed by atoms with Crippen molar-refractivity contribution in [1.29, 1.82) is 0 Å². The van der Waals surface area contributed by atoms with Gasteiger partial charge in [-0.15, -0.1) is 0 Å². The number of hydrogen-bond acceptors (Lipinski definition) is 5. The van der Waals surface area contributed by atoms with Crippen LogP contribution in [0.3, 0.4) is 0 Å². The first-order chi connectivity index (χ1) is 13.3. The van der Waals surface area contributed by atoms with Crippen molar-refractivity contribution < 1.29 is 18.8 Å². The van der Waals surface area contributed by atoms with Crippen molar-refractivity contribution in [2.24, 2.45) is 0 Å². The molecule has 3 aliphatic heterocycles. The standard InChI is InChI=1S/C22H34BNO4/c1-15-13-24-20(14-26-15)19-12-17(23-27-21(2,3)22(4,5)28-23)6-7-18(19)16-8-10-25-11-9-16/h6-7,12,15-16,20,24H,8-11,13-14H2,1-5H3/t15-,20-/m1/s1. The molecule has 3 heterocycles. The SMILES string of the molecule is C[C@@H]1CN[C@@H](c2cc(B3OC(C)(C)C(C)(C)O3)ccc2C2CCOCC2)CO1. The molecule has 1 aromatic carbocycles. The molecule has 0 aromatic heterocycles. The fourth-order valence-electron chi connectivity index (χ4n) is 4.29. The van der Waals surface area contributed by atoms with Crippen molar-refractivity contribution >= 4 is 12.6 Å². The van der Waals surface area contributed by atoms with Crippen LogP contribution in [-0.2, 0) is 18.8 Å². The Morgan fingerprint density at radius 3 is 2.29 bits per heavy atom. The molecule has 28 heavy (non-hydrogen) atoms. The predicted molar refractivity (Wildman–Crippen MR) is 111 cm³/mol. The Bertz CT molecular complexity index is 678. The number of ether oxygens (including phenoxy) is 2. The second-order valence-corrected chi connectivity index (χ2v) is 9.47. The highest BCUT2D eigenvalue weighted by Gasteiger charge is 2.51. The van der Waals surface area contributed by atoms with Crippen LogP contribution in [0.15, 0.2) is 18.2 Å². The van der Waals surface area contributed by atoms with Gasteiger partial charge in [-0.2, -0.15) is 0 Å². The van der Waals surface area contributed by atoms with Gasteiger partial charge in [-0.05, 0) is 70.0 Å². The maximum absolute atomic E-state index is 6.30. The first-order valence-electron chi connectivity index (χ1n) is 10.7. The van der Waals surface area contributed by atoms with Crippen LogP contribution in [0.25, 0.3) is 0 Å². The summed E-state index contributed by atoms with van der Waals surface area (Å²) in [6.07, 6.45) is 2.41. The maximum Gasteiger partial charge on any atom is 0.494 e. The van der Waals surface area contributed by atoms with Crippen molar-refractivity contribution in [3.8, 4) is 0 Å². The van der Waals surface area contributed by atoms with Crippen LogP contribution in [0.1, 0.15) is 70.5 Å². The number of benzene rings is 1. The second-order valence-electron chi connectivity index (χ2n) is 9.47. The molecule has 3 saturated heterocycles. The molecule has 1 aromatic rings. The summed E-state index contributed by atoms with van der Waals surface area (Å²) in [5.74, 6) is 0.539. The zero-order valence-corrected chi connectivity index (χ0v) is 17.9. The second kappa shape index (κ2) is 7.73. The van der Waals surface area contributed by atoms with Gasteiger partial charge in [0.05, 0.1) is 30.0 Å². The molecule has 3 aliphatic rings. The van der Waals surface area contributed by atoms with Crippen molar-refractivity contribution in [1.82, 2.24) is 5.32 Å². The van der Waals surface area contributed by atoms with Gasteiger partial charge in [-0.3, -0.25) is 0 Å². The van der Waals surface area contributed by atoms with Gasteiger partial charge in [0.1, 0.15) is 0 Å². The summed E-state index contributed by atoms with van der Waals surface area (Å²) in [4.78, 5) is 0. The Hall–Kier alpha value is -0.915. The highest BCUT2D eigenvalue weighted by Crippen LogP contribution is 2.38. The minimum absolute atomic E-state index is 0.205. The van der Waals surface area contributed by atoms with Gasteiger partial charge < -0.3 is 24.1 Å². The number of morpholine rings is 1. The summed E-state index contributed by atoms with van der Waals surface area (Å²) in [5.41, 5.74) is 3.16. The average Bonchev–Trinajstić information content (AvgIpc) is 2.90. The molecular weight excluding hydrogens is 353 g/mol. The molecule has 3 fully saturated rings. The Kier molecular flexibility index (Phi) is 5.62. The normalized spacial score (nSPS) is 30.5. The lowest BCUT2D eigenvalue weighted by molar-refractivity contribution is 0.00578. The summed E-state index contributed by atoms with van der Waals surface area (Å²) < 4.78 is 24.2. The van der Waals surface area contributed by atoms with E-state index in [0.717, 1.165) is 38.1 Å². The van der Waals surface area contributed by atoms with E-state index in [0.29, 0.717) is 12.5 Å². The van der Waals surface area contributed by atoms with Gasteiger partial charge in [-0.1, -0.05) is 18.2 Å².